The third kappa shape index (κ3) is 25.8. The monoisotopic (exact) mass is 1420 g/mol. The van der Waals surface area contributed by atoms with Crippen LogP contribution in [0.1, 0.15) is 300 Å². The molecule has 9 aliphatic rings. The second-order valence-corrected chi connectivity index (χ2v) is 25.9. The minimum atomic E-state index is -0.886. The molecular weight excluding hydrogens is 1300 g/mol. The Kier molecular flexibility index (Phi) is 53.9. The van der Waals surface area contributed by atoms with Crippen molar-refractivity contribution in [2.45, 2.75) is 302 Å². The fourth-order valence-corrected chi connectivity index (χ4v) is 15.5. The second-order valence-electron chi connectivity index (χ2n) is 25.9. The number of rotatable bonds is 12. The number of aromatic amines is 2. The summed E-state index contributed by atoms with van der Waals surface area (Å²) in [5.74, 6) is 1.44. The molecule has 2 unspecified atom stereocenters. The van der Waals surface area contributed by atoms with E-state index in [1.54, 1.807) is 4.68 Å². The molecule has 9 fully saturated rings. The number of aryl methyl sites for hydroxylation is 1. The van der Waals surface area contributed by atoms with Gasteiger partial charge in [-0.2, -0.15) is 0 Å². The number of H-pyrrole nitrogens is 2. The van der Waals surface area contributed by atoms with E-state index in [2.05, 4.69) is 10.2 Å². The Hall–Kier alpha value is -2.14. The molecule has 4 N–H and O–H groups in total. The van der Waals surface area contributed by atoms with Crippen LogP contribution in [0.25, 0.3) is 22.3 Å². The van der Waals surface area contributed by atoms with Gasteiger partial charge in [0.05, 0.1) is 34.3 Å². The summed E-state index contributed by atoms with van der Waals surface area (Å²) in [6.07, 6.45) is 57.2. The second kappa shape index (κ2) is 50.3. The molecule has 16 heteroatoms. The molecule has 2 aromatic carbocycles. The Morgan fingerprint density at radius 3 is 0.956 bits per heavy atom. The van der Waals surface area contributed by atoms with Crippen LogP contribution in [0.15, 0.2) is 28.8 Å². The molecule has 0 spiro atoms. The molecule has 0 radical (unpaired) electrons. The summed E-state index contributed by atoms with van der Waals surface area (Å²) in [4.78, 5) is 74.5. The van der Waals surface area contributed by atoms with Crippen molar-refractivity contribution in [3.63, 3.8) is 0 Å². The summed E-state index contributed by atoms with van der Waals surface area (Å²) >= 11 is 0. The molecule has 12 nitrogen and oxygen atoms in total. The van der Waals surface area contributed by atoms with E-state index in [4.69, 9.17) is 0 Å². The SMILES string of the molecule is C1CCCC1.C1CCCC1.C1CCCC1.C1CCCC1.CC(C1CCCC1)n1[nH]c(CCC2CCCC2)c(-c2c(O)c(=O)c2=O)c1=O.O=c1c(O)c(-c2c(CC3CCCC3)[nH]n(C(C3CCCCC3)C3CCCC3)c2=O)c1=O.[CH3-].[CH3-].[CH3-].[CH3-].[CH3-].[CH3-].[CH3-].[CH3-].[Fe+2].[Fe+2].[Fe+2].[Fe+2]. The van der Waals surface area contributed by atoms with Crippen LogP contribution in [0.5, 0.6) is 11.5 Å². The molecule has 2 aromatic heterocycles. The fourth-order valence-electron chi connectivity index (χ4n) is 15.5. The third-order valence-electron chi connectivity index (χ3n) is 20.3. The number of nitrogens with zero attached hydrogens (tertiary/aromatic N) is 2. The predicted octanol–water partition coefficient (Wildman–Crippen LogP) is 18.6. The zero-order valence-corrected chi connectivity index (χ0v) is 62.2. The van der Waals surface area contributed by atoms with Crippen LogP contribution < -0.4 is 32.8 Å². The van der Waals surface area contributed by atoms with E-state index in [-0.39, 0.29) is 173 Å². The average molecular weight is 1420 g/mol. The van der Waals surface area contributed by atoms with Crippen molar-refractivity contribution in [1.29, 1.82) is 0 Å². The van der Waals surface area contributed by atoms with Crippen molar-refractivity contribution in [3.8, 4) is 33.8 Å². The fraction of sp³-hybridized carbons (Fsp3) is 0.703. The summed E-state index contributed by atoms with van der Waals surface area (Å²) in [7, 11) is 0. The van der Waals surface area contributed by atoms with Gasteiger partial charge in [0, 0.05) is 11.4 Å². The summed E-state index contributed by atoms with van der Waals surface area (Å²) in [5, 5.41) is 26.8. The van der Waals surface area contributed by atoms with E-state index in [1.165, 1.54) is 212 Å². The number of hydrogen-bond acceptors (Lipinski definition) is 8. The first-order valence-corrected chi connectivity index (χ1v) is 32.8. The molecule has 9 aliphatic carbocycles. The van der Waals surface area contributed by atoms with Crippen LogP contribution in [0.3, 0.4) is 0 Å². The van der Waals surface area contributed by atoms with Crippen LogP contribution in [-0.2, 0) is 81.1 Å². The topological polar surface area (TPSA) is 184 Å². The van der Waals surface area contributed by atoms with Crippen LogP contribution in [0, 0.1) is 89.0 Å². The minimum absolute atomic E-state index is 0. The van der Waals surface area contributed by atoms with E-state index in [0.29, 0.717) is 48.1 Å². The van der Waals surface area contributed by atoms with Crippen LogP contribution in [-0.4, -0.2) is 29.8 Å². The first-order valence-electron chi connectivity index (χ1n) is 32.8. The number of hydrogen-bond donors (Lipinski definition) is 4. The maximum Gasteiger partial charge on any atom is 2.00 e. The van der Waals surface area contributed by atoms with Gasteiger partial charge in [-0.05, 0) is 94.3 Å². The van der Waals surface area contributed by atoms with Crippen molar-refractivity contribution in [3.05, 3.63) is 132 Å². The van der Waals surface area contributed by atoms with Crippen LogP contribution in [0.4, 0.5) is 0 Å². The van der Waals surface area contributed by atoms with Gasteiger partial charge in [0.1, 0.15) is 0 Å². The van der Waals surface area contributed by atoms with E-state index in [1.807, 2.05) is 11.6 Å². The van der Waals surface area contributed by atoms with Gasteiger partial charge < -0.3 is 69.6 Å². The van der Waals surface area contributed by atoms with Gasteiger partial charge in [-0.25, -0.2) is 9.36 Å². The maximum atomic E-state index is 13.8. The van der Waals surface area contributed by atoms with Gasteiger partial charge in [-0.1, -0.05) is 225 Å². The molecule has 90 heavy (non-hydrogen) atoms. The van der Waals surface area contributed by atoms with Gasteiger partial charge in [0.15, 0.2) is 11.5 Å². The Balaban J connectivity index is -0.000000370. The number of aromatic hydroxyl groups is 2. The molecule has 13 rings (SSSR count). The molecule has 2 atom stereocenters. The molecule has 0 bridgehead atoms. The van der Waals surface area contributed by atoms with Gasteiger partial charge in [-0.3, -0.25) is 39.0 Å². The molecule has 2 heterocycles. The van der Waals surface area contributed by atoms with E-state index in [0.717, 1.165) is 63.5 Å². The first kappa shape index (κ1) is 96.5. The minimum Gasteiger partial charge on any atom is -0.503 e. The van der Waals surface area contributed by atoms with Crippen molar-refractivity contribution in [2.24, 2.45) is 29.6 Å². The smallest absolute Gasteiger partial charge is 0.503 e. The average Bonchev–Trinajstić information content (AvgIpc) is 1.33. The third-order valence-corrected chi connectivity index (χ3v) is 20.3. The van der Waals surface area contributed by atoms with Crippen molar-refractivity contribution < 1.29 is 78.5 Å². The first-order chi connectivity index (χ1) is 38.0. The van der Waals surface area contributed by atoms with Crippen LogP contribution >= 0.6 is 0 Å². The molecule has 0 aliphatic heterocycles. The maximum absolute atomic E-state index is 13.8. The molecule has 0 saturated heterocycles. The number of aromatic nitrogens is 4. The Morgan fingerprint density at radius 1 is 0.344 bits per heavy atom. The van der Waals surface area contributed by atoms with Crippen molar-refractivity contribution in [2.75, 3.05) is 0 Å². The summed E-state index contributed by atoms with van der Waals surface area (Å²) in [6, 6.07) is 0.146. The Morgan fingerprint density at radius 2 is 0.611 bits per heavy atom. The predicted molar refractivity (Wildman–Crippen MR) is 368 cm³/mol. The zero-order chi connectivity index (χ0) is 54.8. The molecule has 522 valence electrons. The van der Waals surface area contributed by atoms with Gasteiger partial charge in [-0.15, -0.1) is 0 Å². The van der Waals surface area contributed by atoms with Crippen LogP contribution in [0.2, 0.25) is 0 Å². The van der Waals surface area contributed by atoms with Crippen molar-refractivity contribution in [1.82, 2.24) is 19.6 Å². The largest absolute Gasteiger partial charge is 2.00 e. The Bertz CT molecular complexity index is 2630. The molecule has 0 amide bonds. The van der Waals surface area contributed by atoms with E-state index in [9.17, 15) is 39.0 Å². The zero-order valence-electron chi connectivity index (χ0n) is 57.8. The van der Waals surface area contributed by atoms with E-state index >= 15 is 0 Å². The normalized spacial score (nSPS) is 19.1. The van der Waals surface area contributed by atoms with Crippen molar-refractivity contribution >= 4 is 0 Å². The van der Waals surface area contributed by atoms with E-state index < -0.39 is 33.2 Å². The standard InChI is InChI=1S/C25H34N2O4.C21H28N2O4.4C5H10.8CH3.4Fe/c28-22-20(23(29)24(22)30)19-18(14-15-8-4-5-9-15)26-27(25(19)31)21(17-12-6-7-13-17)16-10-2-1-3-11-16;1-12(14-8-4-5-9-14)23-21(27)16(17-18(24)20(26)19(17)25)15(22-23)11-10-13-6-2-3-7-13;4*1-2-4-5-3-1;;;;;;;;;;;;/h15-17,21,26,28H,1-14H2;12-14,22,24H,2-11H2,1H3;4*1-5H2;8*1H3;;;;/q;;;;;;8*-1;4*+2. The molecule has 4 aromatic rings. The number of nitrogens with one attached hydrogen (secondary N) is 2. The quantitative estimate of drug-likeness (QED) is 0.0613. The summed E-state index contributed by atoms with van der Waals surface area (Å²) < 4.78 is 3.45. The van der Waals surface area contributed by atoms with Gasteiger partial charge >= 0.3 is 68.3 Å². The summed E-state index contributed by atoms with van der Waals surface area (Å²) in [6.45, 7) is 2.04. The Labute approximate surface area is 591 Å². The van der Waals surface area contributed by atoms with Gasteiger partial charge in [0.25, 0.3) is 22.0 Å². The summed E-state index contributed by atoms with van der Waals surface area (Å²) in [5.41, 5.74) is -1.90. The molecule has 9 saturated carbocycles. The molecular formula is C74H126Fe4N4O8. The van der Waals surface area contributed by atoms with Gasteiger partial charge in [0.2, 0.25) is 10.9 Å².